The fourth-order valence-electron chi connectivity index (χ4n) is 13.1. The molecule has 0 bridgehead atoms. The van der Waals surface area contributed by atoms with E-state index in [2.05, 4.69) is 179 Å². The lowest BCUT2D eigenvalue weighted by molar-refractivity contribution is 0.873. The monoisotopic (exact) mass is 1540 g/mol. The second-order valence-corrected chi connectivity index (χ2v) is 25.5. The van der Waals surface area contributed by atoms with Crippen LogP contribution in [0, 0.1) is 0 Å². The number of anilines is 6. The van der Waals surface area contributed by atoms with Gasteiger partial charge in [0.25, 0.3) is 0 Å². The predicted molar refractivity (Wildman–Crippen MR) is 471 cm³/mol. The first kappa shape index (κ1) is 89.0. The normalized spacial score (nSPS) is 11.8. The summed E-state index contributed by atoms with van der Waals surface area (Å²) >= 11 is 1.78. The molecular weight excluding hydrogens is 1420 g/mol. The highest BCUT2D eigenvalue weighted by atomic mass is 32.1. The largest absolute Gasteiger partial charge is 0.354 e. The maximum Gasteiger partial charge on any atom is 0.223 e. The molecule has 0 amide bonds. The number of benzene rings is 1. The molecule has 0 saturated heterocycles. The minimum absolute atomic E-state index is 0.685. The summed E-state index contributed by atoms with van der Waals surface area (Å²) in [5, 5.41) is 21.1. The quantitative estimate of drug-likeness (QED) is 0.0663. The molecule has 1 aromatic carbocycles. The van der Waals surface area contributed by atoms with Gasteiger partial charge in [0.05, 0.1) is 50.4 Å². The van der Waals surface area contributed by atoms with Gasteiger partial charge < -0.3 is 31.9 Å². The zero-order valence-electron chi connectivity index (χ0n) is 70.1. The van der Waals surface area contributed by atoms with Crippen LogP contribution in [0.5, 0.6) is 0 Å². The van der Waals surface area contributed by atoms with Crippen molar-refractivity contribution >= 4 is 47.0 Å². The Morgan fingerprint density at radius 2 is 0.584 bits per heavy atom. The zero-order valence-corrected chi connectivity index (χ0v) is 71.0. The van der Waals surface area contributed by atoms with E-state index >= 15 is 0 Å². The maximum atomic E-state index is 4.62. The number of thiophene rings is 1. The molecule has 11 aromatic heterocycles. The summed E-state index contributed by atoms with van der Waals surface area (Å²) in [6.45, 7) is 41.3. The van der Waals surface area contributed by atoms with Gasteiger partial charge in [-0.25, -0.2) is 59.8 Å². The minimum atomic E-state index is 0.685. The number of rotatable bonds is 12. The molecule has 0 radical (unpaired) electrons. The van der Waals surface area contributed by atoms with E-state index in [1.165, 1.54) is 77.2 Å². The van der Waals surface area contributed by atoms with E-state index in [1.807, 2.05) is 203 Å². The van der Waals surface area contributed by atoms with Crippen LogP contribution in [0.4, 0.5) is 35.7 Å². The van der Waals surface area contributed by atoms with Crippen molar-refractivity contribution in [3.05, 3.63) is 213 Å². The molecule has 0 aliphatic heterocycles. The zero-order chi connectivity index (χ0) is 81.3. The van der Waals surface area contributed by atoms with Crippen LogP contribution in [0.25, 0.3) is 67.0 Å². The van der Waals surface area contributed by atoms with Crippen molar-refractivity contribution in [3.8, 4) is 67.0 Å². The molecule has 23 heteroatoms. The van der Waals surface area contributed by atoms with E-state index in [0.717, 1.165) is 185 Å². The summed E-state index contributed by atoms with van der Waals surface area (Å²) in [5.74, 6) is 4.25. The molecule has 596 valence electrons. The summed E-state index contributed by atoms with van der Waals surface area (Å²) < 4.78 is 0. The number of hydrogen-bond donors (Lipinski definition) is 6. The third-order valence-electron chi connectivity index (χ3n) is 18.0. The Balaban J connectivity index is 0.000000183. The van der Waals surface area contributed by atoms with Crippen molar-refractivity contribution in [1.82, 2.24) is 79.7 Å². The Kier molecular flexibility index (Phi) is 38.2. The predicted octanol–water partition coefficient (Wildman–Crippen LogP) is 19.8. The van der Waals surface area contributed by atoms with Crippen LogP contribution in [0.1, 0.15) is 192 Å². The average molecular weight is 1540 g/mol. The lowest BCUT2D eigenvalue weighted by atomic mass is 9.90. The molecule has 18 rings (SSSR count). The van der Waals surface area contributed by atoms with Gasteiger partial charge in [-0.3, -0.25) is 19.9 Å². The molecule has 0 fully saturated rings. The molecule has 11 heterocycles. The number of aromatic nitrogens is 16. The van der Waals surface area contributed by atoms with Crippen LogP contribution in [0.3, 0.4) is 0 Å². The van der Waals surface area contributed by atoms with Gasteiger partial charge in [-0.05, 0) is 222 Å². The summed E-state index contributed by atoms with van der Waals surface area (Å²) in [5.41, 5.74) is 27.3. The van der Waals surface area contributed by atoms with Gasteiger partial charge in [0.2, 0.25) is 35.7 Å². The highest BCUT2D eigenvalue weighted by Crippen LogP contribution is 2.38. The lowest BCUT2D eigenvalue weighted by Gasteiger charge is -2.18. The van der Waals surface area contributed by atoms with Crippen molar-refractivity contribution in [3.63, 3.8) is 0 Å². The van der Waals surface area contributed by atoms with Crippen LogP contribution < -0.4 is 31.9 Å². The van der Waals surface area contributed by atoms with E-state index < -0.39 is 0 Å². The van der Waals surface area contributed by atoms with Crippen molar-refractivity contribution < 1.29 is 0 Å². The topological polar surface area (TPSA) is 278 Å². The number of aryl methyl sites for hydroxylation is 12. The lowest BCUT2D eigenvalue weighted by Crippen LogP contribution is -2.10. The smallest absolute Gasteiger partial charge is 0.223 e. The first-order valence-electron chi connectivity index (χ1n) is 41.3. The second kappa shape index (κ2) is 48.6. The summed E-state index contributed by atoms with van der Waals surface area (Å²) in [6.07, 6.45) is 35.2. The molecule has 113 heavy (non-hydrogen) atoms. The summed E-state index contributed by atoms with van der Waals surface area (Å²) in [7, 11) is 0. The van der Waals surface area contributed by atoms with Gasteiger partial charge in [0.15, 0.2) is 0 Å². The van der Waals surface area contributed by atoms with Crippen molar-refractivity contribution in [1.29, 1.82) is 0 Å². The molecule has 0 spiro atoms. The first-order chi connectivity index (χ1) is 55.8. The fourth-order valence-corrected chi connectivity index (χ4v) is 14.0. The van der Waals surface area contributed by atoms with E-state index in [0.29, 0.717) is 23.8 Å². The average Bonchev–Trinajstić information content (AvgIpc) is 1.70. The Hall–Kier alpha value is -11.2. The van der Waals surface area contributed by atoms with E-state index in [1.54, 1.807) is 11.3 Å². The number of pyridine rings is 4. The number of hydrogen-bond acceptors (Lipinski definition) is 23. The molecule has 6 aliphatic carbocycles. The molecule has 12 aromatic rings. The maximum absolute atomic E-state index is 4.62. The number of fused-ring (bicyclic) bond motifs is 18. The Bertz CT molecular complexity index is 4240. The Morgan fingerprint density at radius 1 is 0.248 bits per heavy atom. The highest BCUT2D eigenvalue weighted by molar-refractivity contribution is 7.13. The molecule has 6 aliphatic rings. The Labute approximate surface area is 676 Å². The van der Waals surface area contributed by atoms with Gasteiger partial charge in [0, 0.05) is 136 Å². The second-order valence-electron chi connectivity index (χ2n) is 24.6. The third-order valence-corrected chi connectivity index (χ3v) is 18.9. The molecule has 0 unspecified atom stereocenters. The van der Waals surface area contributed by atoms with Crippen LogP contribution in [-0.4, -0.2) is 119 Å². The molecule has 0 saturated carbocycles. The van der Waals surface area contributed by atoms with Crippen molar-refractivity contribution in [2.45, 2.75) is 202 Å². The van der Waals surface area contributed by atoms with E-state index in [4.69, 9.17) is 0 Å². The Morgan fingerprint density at radius 3 is 1.09 bits per heavy atom. The van der Waals surface area contributed by atoms with Crippen LogP contribution in [0.2, 0.25) is 0 Å². The standard InChI is InChI=1S/C14H15N3.4C13H14N4.C12H13N3S.6C2H6/c1-2-15-14-16-9-11-8-7-10-5-3-4-6-12(10)13(11)17-14;1-2-15-13-16-8-10-4-3-9-7-14-6-5-11(9)12(10)17-13;1-2-15-13-16-7-10-4-3-9-5-6-14-8-11(9)12(10)17-13;1-2-14-13-16-8-9-5-6-11-10(12(9)17-13)4-3-7-15-11;1-2-14-13-16-8-10-6-5-9-4-3-7-15-11(9)12(10)17-13;1-2-13-12-14-7-9-4-3-8-5-6-16-11(8)10(9)15-12;6*1-2/h3-6,9H,2,7-8H2,1H3,(H,15,16,17);2*5-8H,2-4H2,1H3,(H,15,16,17);2*3-4,7-8H,2,5-6H2,1H3,(H,14,16,17);5-7H,2-4H2,1H3,(H,13,14,15);6*1-2H3. The van der Waals surface area contributed by atoms with E-state index in [-0.39, 0.29) is 0 Å². The third kappa shape index (κ3) is 23.7. The summed E-state index contributed by atoms with van der Waals surface area (Å²) in [4.78, 5) is 72.0. The van der Waals surface area contributed by atoms with Crippen LogP contribution in [-0.2, 0) is 77.0 Å². The molecule has 0 atom stereocenters. The van der Waals surface area contributed by atoms with Crippen LogP contribution in [0.15, 0.2) is 146 Å². The van der Waals surface area contributed by atoms with Crippen molar-refractivity contribution in [2.75, 3.05) is 71.2 Å². The first-order valence-corrected chi connectivity index (χ1v) is 42.2. The van der Waals surface area contributed by atoms with Gasteiger partial charge in [0.1, 0.15) is 0 Å². The molecular formula is C90H120N22S. The minimum Gasteiger partial charge on any atom is -0.354 e. The number of nitrogens with one attached hydrogen (secondary N) is 6. The highest BCUT2D eigenvalue weighted by Gasteiger charge is 2.25. The molecule has 22 nitrogen and oxygen atoms in total. The van der Waals surface area contributed by atoms with E-state index in [9.17, 15) is 0 Å². The van der Waals surface area contributed by atoms with Crippen molar-refractivity contribution in [2.24, 2.45) is 0 Å². The molecule has 6 N–H and O–H groups in total. The SMILES string of the molecule is CC.CC.CC.CC.CC.CC.CCNc1ncc2c(n1)-c1ccccc1CC2.CCNc1ncc2c(n1)-c1cccnc1CC2.CCNc1ncc2c(n1)-c1ccncc1CC2.CCNc1ncc2c(n1)-c1cnccc1CC2.CCNc1ncc2c(n1)-c1ncccc1CC2.CCNc1ncc2c(n1)-c1sccc1CC2. The van der Waals surface area contributed by atoms with Gasteiger partial charge in [-0.15, -0.1) is 11.3 Å². The van der Waals surface area contributed by atoms with Gasteiger partial charge in [-0.1, -0.05) is 113 Å². The number of nitrogens with zero attached hydrogens (tertiary/aromatic N) is 16. The summed E-state index contributed by atoms with van der Waals surface area (Å²) in [6, 6.07) is 23.0. The van der Waals surface area contributed by atoms with Gasteiger partial charge >= 0.3 is 0 Å². The van der Waals surface area contributed by atoms with Crippen LogP contribution >= 0.6 is 11.3 Å². The van der Waals surface area contributed by atoms with Gasteiger partial charge in [-0.2, -0.15) is 0 Å². The fraction of sp³-hybridized carbons (Fsp3) is 0.400.